The van der Waals surface area contributed by atoms with Crippen molar-refractivity contribution in [3.63, 3.8) is 0 Å². The number of hydrogen-bond acceptors (Lipinski definition) is 5. The van der Waals surface area contributed by atoms with Gasteiger partial charge in [-0.05, 0) is 43.1 Å². The summed E-state index contributed by atoms with van der Waals surface area (Å²) >= 11 is 10.9. The number of hydrogen-bond donors (Lipinski definition) is 0. The molecule has 2 rings (SSSR count). The van der Waals surface area contributed by atoms with Crippen LogP contribution in [0, 0.1) is 0 Å². The first kappa shape index (κ1) is 19.6. The molecule has 1 fully saturated rings. The molecular weight excluding hydrogens is 367 g/mol. The van der Waals surface area contributed by atoms with Crippen molar-refractivity contribution in [1.29, 1.82) is 0 Å². The molecule has 0 saturated heterocycles. The lowest BCUT2D eigenvalue weighted by molar-refractivity contribution is -0.0397. The molecule has 132 valence electrons. The molecule has 1 aliphatic carbocycles. The third kappa shape index (κ3) is 5.14. The van der Waals surface area contributed by atoms with Gasteiger partial charge < -0.3 is 9.26 Å². The Labute approximate surface area is 153 Å². The van der Waals surface area contributed by atoms with Crippen molar-refractivity contribution in [2.24, 2.45) is 0 Å². The van der Waals surface area contributed by atoms with E-state index in [9.17, 15) is 4.79 Å². The van der Waals surface area contributed by atoms with Crippen molar-refractivity contribution < 1.29 is 18.3 Å². The highest BCUT2D eigenvalue weighted by Gasteiger charge is 2.42. The molecule has 1 aliphatic rings. The Morgan fingerprint density at radius 1 is 1.42 bits per heavy atom. The monoisotopic (exact) mass is 388 g/mol. The highest BCUT2D eigenvalue weighted by atomic mass is 35.5. The van der Waals surface area contributed by atoms with E-state index in [1.807, 2.05) is 30.3 Å². The maximum atomic E-state index is 11.0. The Morgan fingerprint density at radius 3 is 2.58 bits per heavy atom. The molecule has 0 aliphatic heterocycles. The molecule has 24 heavy (non-hydrogen) atoms. The summed E-state index contributed by atoms with van der Waals surface area (Å²) in [6.07, 6.45) is 0.371. The Bertz CT molecular complexity index is 614. The first-order valence-electron chi connectivity index (χ1n) is 7.78. The average Bonchev–Trinajstić information content (AvgIpc) is 2.61. The van der Waals surface area contributed by atoms with E-state index in [2.05, 4.69) is 6.58 Å². The van der Waals surface area contributed by atoms with Crippen LogP contribution in [-0.2, 0) is 36.8 Å². The van der Waals surface area contributed by atoms with E-state index >= 15 is 0 Å². The molecule has 4 nitrogen and oxygen atoms in total. The topological polar surface area (TPSA) is 44.8 Å². The molecule has 0 spiro atoms. The summed E-state index contributed by atoms with van der Waals surface area (Å²) in [6.45, 7) is 6.09. The standard InChI is InChI=1S/C17H22ClO4PS/c1-14(21-23(2,24)13-19)17(22-18)10-8-16(9-11-17)20-12-15-6-4-3-5-7-15/h3-7,13,16H,1,8-12H2,2H3. The van der Waals surface area contributed by atoms with Crippen LogP contribution in [0.25, 0.3) is 0 Å². The lowest BCUT2D eigenvalue weighted by Gasteiger charge is -2.38. The van der Waals surface area contributed by atoms with Crippen LogP contribution in [0.1, 0.15) is 31.2 Å². The molecule has 0 radical (unpaired) electrons. The minimum atomic E-state index is -2.54. The van der Waals surface area contributed by atoms with Gasteiger partial charge in [0.25, 0.3) is 0 Å². The molecule has 1 aromatic rings. The van der Waals surface area contributed by atoms with Crippen LogP contribution in [0.3, 0.4) is 0 Å². The smallest absolute Gasteiger partial charge is 0.188 e. The predicted octanol–water partition coefficient (Wildman–Crippen LogP) is 4.80. The fourth-order valence-electron chi connectivity index (χ4n) is 2.74. The third-order valence-electron chi connectivity index (χ3n) is 4.21. The predicted molar refractivity (Wildman–Crippen MR) is 100 cm³/mol. The van der Waals surface area contributed by atoms with E-state index in [1.54, 1.807) is 6.66 Å². The zero-order valence-corrected chi connectivity index (χ0v) is 16.1. The molecule has 1 saturated carbocycles. The van der Waals surface area contributed by atoms with Gasteiger partial charge in [-0.25, -0.2) is 0 Å². The van der Waals surface area contributed by atoms with E-state index in [-0.39, 0.29) is 6.10 Å². The maximum absolute atomic E-state index is 11.0. The number of halogens is 1. The minimum Gasteiger partial charge on any atom is -0.462 e. The Kier molecular flexibility index (Phi) is 7.02. The number of carbonyl (C=O) groups is 1. The SMILES string of the molecule is C=C(OP(C)(=S)C=O)C1(OCl)CCC(OCc2ccccc2)CC1. The lowest BCUT2D eigenvalue weighted by Crippen LogP contribution is -2.39. The molecule has 0 N–H and O–H groups in total. The van der Waals surface area contributed by atoms with Gasteiger partial charge in [-0.3, -0.25) is 9.08 Å². The number of ether oxygens (including phenoxy) is 1. The largest absolute Gasteiger partial charge is 0.462 e. The van der Waals surface area contributed by atoms with Crippen LogP contribution >= 0.6 is 18.1 Å². The molecule has 7 heteroatoms. The van der Waals surface area contributed by atoms with Gasteiger partial charge in [-0.15, -0.1) is 0 Å². The first-order chi connectivity index (χ1) is 11.4. The average molecular weight is 389 g/mol. The van der Waals surface area contributed by atoms with Gasteiger partial charge >= 0.3 is 0 Å². The highest BCUT2D eigenvalue weighted by Crippen LogP contribution is 2.48. The summed E-state index contributed by atoms with van der Waals surface area (Å²) in [5, 5.41) is 0. The van der Waals surface area contributed by atoms with Gasteiger partial charge in [0.15, 0.2) is 12.3 Å². The summed E-state index contributed by atoms with van der Waals surface area (Å²) in [7, 11) is 0. The summed E-state index contributed by atoms with van der Waals surface area (Å²) in [4.78, 5) is 11.0. The van der Waals surface area contributed by atoms with Crippen LogP contribution in [0.4, 0.5) is 0 Å². The van der Waals surface area contributed by atoms with Crippen LogP contribution in [0.15, 0.2) is 42.7 Å². The summed E-state index contributed by atoms with van der Waals surface area (Å²) < 4.78 is 16.8. The molecule has 0 bridgehead atoms. The van der Waals surface area contributed by atoms with E-state index in [0.29, 0.717) is 31.2 Å². The number of rotatable bonds is 8. The second-order valence-corrected chi connectivity index (χ2v) is 10.6. The molecule has 0 heterocycles. The number of benzene rings is 1. The fraction of sp³-hybridized carbons (Fsp3) is 0.471. The van der Waals surface area contributed by atoms with Crippen LogP contribution in [0.2, 0.25) is 0 Å². The Morgan fingerprint density at radius 2 is 2.04 bits per heavy atom. The molecule has 0 amide bonds. The van der Waals surface area contributed by atoms with Gasteiger partial charge in [0.1, 0.15) is 11.4 Å². The zero-order chi connectivity index (χ0) is 17.6. The molecule has 1 atom stereocenters. The Hall–Kier alpha value is -0.710. The van der Waals surface area contributed by atoms with Crippen molar-refractivity contribution in [2.45, 2.75) is 44.0 Å². The van der Waals surface area contributed by atoms with Crippen molar-refractivity contribution >= 4 is 36.0 Å². The summed E-state index contributed by atoms with van der Waals surface area (Å²) in [5.41, 5.74) is 0.338. The van der Waals surface area contributed by atoms with Crippen LogP contribution in [-0.4, -0.2) is 24.4 Å². The van der Waals surface area contributed by atoms with Gasteiger partial charge in [0, 0.05) is 6.66 Å². The van der Waals surface area contributed by atoms with Gasteiger partial charge in [0.05, 0.1) is 24.6 Å². The van der Waals surface area contributed by atoms with Crippen LogP contribution < -0.4 is 0 Å². The van der Waals surface area contributed by atoms with E-state index in [0.717, 1.165) is 18.4 Å². The van der Waals surface area contributed by atoms with Crippen molar-refractivity contribution in [3.05, 3.63) is 48.2 Å². The van der Waals surface area contributed by atoms with Crippen molar-refractivity contribution in [3.8, 4) is 0 Å². The third-order valence-corrected chi connectivity index (χ3v) is 5.95. The second kappa shape index (κ2) is 8.59. The first-order valence-corrected chi connectivity index (χ1v) is 11.3. The van der Waals surface area contributed by atoms with Gasteiger partial charge in [-0.1, -0.05) is 36.9 Å². The molecule has 0 aromatic heterocycles. The second-order valence-electron chi connectivity index (χ2n) is 6.10. The van der Waals surface area contributed by atoms with E-state index in [4.69, 9.17) is 37.2 Å². The maximum Gasteiger partial charge on any atom is 0.188 e. The Balaban J connectivity index is 1.90. The molecule has 1 unspecified atom stereocenters. The summed E-state index contributed by atoms with van der Waals surface area (Å²) in [6, 6.07) is 10.7. The quantitative estimate of drug-likeness (QED) is 0.363. The zero-order valence-electron chi connectivity index (χ0n) is 13.7. The van der Waals surface area contributed by atoms with Crippen molar-refractivity contribution in [1.82, 2.24) is 0 Å². The highest BCUT2D eigenvalue weighted by molar-refractivity contribution is 8.18. The molecular formula is C17H22ClO4PS. The van der Waals surface area contributed by atoms with E-state index < -0.39 is 11.9 Å². The van der Waals surface area contributed by atoms with Crippen molar-refractivity contribution in [2.75, 3.05) is 6.66 Å². The normalized spacial score (nSPS) is 26.3. The van der Waals surface area contributed by atoms with E-state index in [1.165, 1.54) is 0 Å². The lowest BCUT2D eigenvalue weighted by atomic mass is 9.82. The number of carbonyl (C=O) groups excluding carboxylic acids is 1. The minimum absolute atomic E-state index is 0.133. The summed E-state index contributed by atoms with van der Waals surface area (Å²) in [5.74, 6) is 0.344. The van der Waals surface area contributed by atoms with Gasteiger partial charge in [-0.2, -0.15) is 0 Å². The molecule has 1 aromatic carbocycles. The van der Waals surface area contributed by atoms with Crippen LogP contribution in [0.5, 0.6) is 0 Å². The van der Waals surface area contributed by atoms with Gasteiger partial charge in [0.2, 0.25) is 0 Å². The fourth-order valence-corrected chi connectivity index (χ4v) is 3.89.